The smallest absolute Gasteiger partial charge is 0.347 e. The topological polar surface area (TPSA) is 195 Å². The van der Waals surface area contributed by atoms with Crippen LogP contribution in [0, 0.1) is 5.92 Å². The zero-order chi connectivity index (χ0) is 28.5. The molecule has 0 aliphatic rings. The number of urea groups is 1. The second-order valence-electron chi connectivity index (χ2n) is 8.91. The van der Waals surface area contributed by atoms with E-state index in [4.69, 9.17) is 4.74 Å². The minimum Gasteiger partial charge on any atom is -0.508 e. The van der Waals surface area contributed by atoms with Crippen LogP contribution in [-0.2, 0) is 31.7 Å². The molecule has 13 heteroatoms. The van der Waals surface area contributed by atoms with Crippen LogP contribution in [0.1, 0.15) is 31.4 Å². The molecule has 0 heterocycles. The monoisotopic (exact) mass is 551 g/mol. The average Bonchev–Trinajstić information content (AvgIpc) is 2.87. The van der Waals surface area contributed by atoms with Crippen LogP contribution in [-0.4, -0.2) is 62.9 Å². The minimum atomic E-state index is -4.84. The SMILES string of the molecule is CC[C@H](C)[C@H](NC(=O)N[C@@H](Cc1ccc(O)cc1)C(=O)N[C@@H](Cc1ccc(O)cc1)P(=O)(O)O)C(=O)OC. The highest BCUT2D eigenvalue weighted by atomic mass is 31.2. The van der Waals surface area contributed by atoms with Crippen LogP contribution in [0.3, 0.4) is 0 Å². The highest BCUT2D eigenvalue weighted by Crippen LogP contribution is 2.41. The number of phenolic OH excluding ortho intramolecular Hbond substituents is 2. The van der Waals surface area contributed by atoms with Gasteiger partial charge in [0.05, 0.1) is 7.11 Å². The summed E-state index contributed by atoms with van der Waals surface area (Å²) in [5, 5.41) is 26.3. The van der Waals surface area contributed by atoms with Crippen LogP contribution in [0.2, 0.25) is 0 Å². The Labute approximate surface area is 220 Å². The highest BCUT2D eigenvalue weighted by Gasteiger charge is 2.34. The predicted octanol–water partition coefficient (Wildman–Crippen LogP) is 1.76. The van der Waals surface area contributed by atoms with Crippen LogP contribution in [0.25, 0.3) is 0 Å². The summed E-state index contributed by atoms with van der Waals surface area (Å²) in [4.78, 5) is 58.0. The van der Waals surface area contributed by atoms with Crippen LogP contribution < -0.4 is 16.0 Å². The quantitative estimate of drug-likeness (QED) is 0.152. The van der Waals surface area contributed by atoms with Gasteiger partial charge in [-0.05, 0) is 41.3 Å². The number of methoxy groups -OCH3 is 1. The molecule has 0 spiro atoms. The summed E-state index contributed by atoms with van der Waals surface area (Å²) in [5.41, 5.74) is 0.993. The van der Waals surface area contributed by atoms with E-state index >= 15 is 0 Å². The summed E-state index contributed by atoms with van der Waals surface area (Å²) in [6, 6.07) is 8.33. The molecule has 0 unspecified atom stereocenters. The van der Waals surface area contributed by atoms with Gasteiger partial charge in [0.1, 0.15) is 29.4 Å². The lowest BCUT2D eigenvalue weighted by Gasteiger charge is -2.26. The number of esters is 1. The molecule has 0 saturated carbocycles. The van der Waals surface area contributed by atoms with Crippen LogP contribution in [0.15, 0.2) is 48.5 Å². The third-order valence-corrected chi connectivity index (χ3v) is 7.16. The van der Waals surface area contributed by atoms with E-state index in [1.54, 1.807) is 6.92 Å². The number of aromatic hydroxyl groups is 2. The molecule has 3 amide bonds. The van der Waals surface area contributed by atoms with E-state index in [1.165, 1.54) is 55.6 Å². The van der Waals surface area contributed by atoms with Gasteiger partial charge in [0.25, 0.3) is 0 Å². The number of amides is 3. The van der Waals surface area contributed by atoms with E-state index in [1.807, 2.05) is 6.92 Å². The van der Waals surface area contributed by atoms with Gasteiger partial charge in [0.15, 0.2) is 0 Å². The molecule has 0 aliphatic carbocycles. The first-order chi connectivity index (χ1) is 17.8. The Bertz CT molecular complexity index is 1140. The fraction of sp³-hybridized carbons (Fsp3) is 0.400. The maximum Gasteiger partial charge on any atom is 0.347 e. The molecule has 2 aromatic rings. The van der Waals surface area contributed by atoms with Crippen molar-refractivity contribution >= 4 is 25.5 Å². The molecule has 38 heavy (non-hydrogen) atoms. The first-order valence-electron chi connectivity index (χ1n) is 11.9. The van der Waals surface area contributed by atoms with Gasteiger partial charge in [-0.25, -0.2) is 9.59 Å². The number of carbonyl (C=O) groups excluding carboxylic acids is 3. The Morgan fingerprint density at radius 3 is 1.82 bits per heavy atom. The molecule has 2 aromatic carbocycles. The van der Waals surface area contributed by atoms with Crippen molar-refractivity contribution in [3.8, 4) is 11.5 Å². The summed E-state index contributed by atoms with van der Waals surface area (Å²) in [5.74, 6) is -3.47. The normalized spacial score (nSPS) is 14.4. The number of hydrogen-bond donors (Lipinski definition) is 7. The number of carbonyl (C=O) groups is 3. The fourth-order valence-electron chi connectivity index (χ4n) is 3.59. The van der Waals surface area contributed by atoms with Crippen molar-refractivity contribution in [3.63, 3.8) is 0 Å². The number of benzene rings is 2. The minimum absolute atomic E-state index is 0.00890. The summed E-state index contributed by atoms with van der Waals surface area (Å²) in [7, 11) is -3.65. The molecular formula is C25H34N3O9P. The molecule has 0 radical (unpaired) electrons. The lowest BCUT2D eigenvalue weighted by molar-refractivity contribution is -0.144. The fourth-order valence-corrected chi connectivity index (χ4v) is 4.33. The van der Waals surface area contributed by atoms with Crippen molar-refractivity contribution in [2.75, 3.05) is 7.11 Å². The van der Waals surface area contributed by atoms with Crippen molar-refractivity contribution < 1.29 is 43.7 Å². The molecule has 7 N–H and O–H groups in total. The van der Waals surface area contributed by atoms with E-state index in [-0.39, 0.29) is 30.3 Å². The van der Waals surface area contributed by atoms with Gasteiger partial charge in [0.2, 0.25) is 5.91 Å². The predicted molar refractivity (Wildman–Crippen MR) is 138 cm³/mol. The van der Waals surface area contributed by atoms with E-state index < -0.39 is 43.4 Å². The third-order valence-electron chi connectivity index (χ3n) is 6.03. The highest BCUT2D eigenvalue weighted by molar-refractivity contribution is 7.52. The molecule has 0 fully saturated rings. The molecule has 4 atom stereocenters. The van der Waals surface area contributed by atoms with Crippen molar-refractivity contribution in [1.82, 2.24) is 16.0 Å². The molecule has 2 rings (SSSR count). The van der Waals surface area contributed by atoms with Crippen LogP contribution >= 0.6 is 7.60 Å². The first kappa shape index (κ1) is 30.6. The van der Waals surface area contributed by atoms with Gasteiger partial charge >= 0.3 is 19.6 Å². The lowest BCUT2D eigenvalue weighted by Crippen LogP contribution is -2.56. The van der Waals surface area contributed by atoms with Crippen LogP contribution in [0.5, 0.6) is 11.5 Å². The Morgan fingerprint density at radius 2 is 1.37 bits per heavy atom. The summed E-state index contributed by atoms with van der Waals surface area (Å²) < 4.78 is 17.0. The van der Waals surface area contributed by atoms with Gasteiger partial charge in [-0.2, -0.15) is 0 Å². The molecule has 12 nitrogen and oxygen atoms in total. The summed E-state index contributed by atoms with van der Waals surface area (Å²) >= 11 is 0. The number of nitrogens with one attached hydrogen (secondary N) is 3. The van der Waals surface area contributed by atoms with Gasteiger partial charge in [-0.1, -0.05) is 44.5 Å². The standard InChI is InChI=1S/C25H34N3O9P/c1-4-15(2)22(24(32)37-3)28-25(33)26-20(13-16-5-9-18(29)10-6-16)23(31)27-21(38(34,35)36)14-17-7-11-19(30)12-8-17/h5-12,15,20-22,29-30H,4,13-14H2,1-3H3,(H,27,31)(H2,26,28,33)(H2,34,35,36)/t15-,20-,21+,22-/m0/s1. The van der Waals surface area contributed by atoms with Crippen molar-refractivity contribution in [1.29, 1.82) is 0 Å². The second kappa shape index (κ2) is 13.8. The molecule has 0 aromatic heterocycles. The summed E-state index contributed by atoms with van der Waals surface area (Å²) in [6.07, 6.45) is 0.227. The number of phenols is 2. The first-order valence-corrected chi connectivity index (χ1v) is 13.6. The lowest BCUT2D eigenvalue weighted by atomic mass is 9.99. The Balaban J connectivity index is 2.27. The van der Waals surface area contributed by atoms with Gasteiger partial charge < -0.3 is 40.7 Å². The number of rotatable bonds is 12. The Hall–Kier alpha value is -3.60. The zero-order valence-corrected chi connectivity index (χ0v) is 22.2. The molecule has 208 valence electrons. The Morgan fingerprint density at radius 1 is 0.868 bits per heavy atom. The average molecular weight is 552 g/mol. The summed E-state index contributed by atoms with van der Waals surface area (Å²) in [6.45, 7) is 3.58. The maximum absolute atomic E-state index is 13.2. The van der Waals surface area contributed by atoms with Crippen molar-refractivity contribution in [2.45, 2.75) is 51.0 Å². The maximum atomic E-state index is 13.2. The van der Waals surface area contributed by atoms with E-state index in [2.05, 4.69) is 16.0 Å². The largest absolute Gasteiger partial charge is 0.508 e. The van der Waals surface area contributed by atoms with Crippen molar-refractivity contribution in [3.05, 3.63) is 59.7 Å². The molecule has 0 saturated heterocycles. The van der Waals surface area contributed by atoms with Gasteiger partial charge in [-0.3, -0.25) is 9.36 Å². The molecular weight excluding hydrogens is 517 g/mol. The van der Waals surface area contributed by atoms with Gasteiger partial charge in [-0.15, -0.1) is 0 Å². The Kier molecular flexibility index (Phi) is 11.1. The zero-order valence-electron chi connectivity index (χ0n) is 21.3. The molecule has 0 aliphatic heterocycles. The van der Waals surface area contributed by atoms with E-state index in [9.17, 15) is 38.9 Å². The van der Waals surface area contributed by atoms with Gasteiger partial charge in [0, 0.05) is 12.8 Å². The number of hydrogen-bond acceptors (Lipinski definition) is 7. The van der Waals surface area contributed by atoms with E-state index in [0.29, 0.717) is 17.5 Å². The third kappa shape index (κ3) is 9.37. The van der Waals surface area contributed by atoms with Crippen LogP contribution in [0.4, 0.5) is 4.79 Å². The van der Waals surface area contributed by atoms with Crippen molar-refractivity contribution in [2.24, 2.45) is 5.92 Å². The number of ether oxygens (including phenoxy) is 1. The second-order valence-corrected chi connectivity index (χ2v) is 10.7. The van der Waals surface area contributed by atoms with E-state index in [0.717, 1.165) is 0 Å². The molecule has 0 bridgehead atoms.